The average molecular weight is 337 g/mol. The number of benzene rings is 2. The van der Waals surface area contributed by atoms with E-state index in [2.05, 4.69) is 21.2 Å². The summed E-state index contributed by atoms with van der Waals surface area (Å²) in [5.74, 6) is -0.113. The lowest BCUT2D eigenvalue weighted by molar-refractivity contribution is 0.0963. The third kappa shape index (κ3) is 3.52. The molecule has 0 atom stereocenters. The number of nitrogen functional groups attached to an aromatic ring is 1. The monoisotopic (exact) mass is 336 g/mol. The van der Waals surface area contributed by atoms with Gasteiger partial charge < -0.3 is 11.1 Å². The van der Waals surface area contributed by atoms with Crippen LogP contribution < -0.4 is 11.1 Å². The fraction of sp³-hybridized carbons (Fsp3) is 0.0714. The highest BCUT2D eigenvalue weighted by Gasteiger charge is 2.08. The Morgan fingerprint density at radius 2 is 1.89 bits per heavy atom. The van der Waals surface area contributed by atoms with Gasteiger partial charge in [0, 0.05) is 32.6 Å². The van der Waals surface area contributed by atoms with Crippen LogP contribution >= 0.6 is 27.7 Å². The fourth-order valence-corrected chi connectivity index (χ4v) is 2.70. The largest absolute Gasteiger partial charge is 0.398 e. The van der Waals surface area contributed by atoms with Gasteiger partial charge in [-0.1, -0.05) is 27.7 Å². The minimum Gasteiger partial charge on any atom is -0.398 e. The highest BCUT2D eigenvalue weighted by atomic mass is 79.9. The Hall–Kier alpha value is -1.46. The minimum atomic E-state index is -0.113. The maximum absolute atomic E-state index is 11.6. The van der Waals surface area contributed by atoms with Gasteiger partial charge in [-0.25, -0.2) is 0 Å². The Bertz CT molecular complexity index is 599. The Morgan fingerprint density at radius 3 is 2.53 bits per heavy atom. The molecule has 3 N–H and O–H groups in total. The quantitative estimate of drug-likeness (QED) is 0.843. The lowest BCUT2D eigenvalue weighted by Gasteiger charge is -2.08. The highest BCUT2D eigenvalue weighted by Crippen LogP contribution is 2.33. The molecule has 0 bridgehead atoms. The van der Waals surface area contributed by atoms with Crippen molar-refractivity contribution in [1.29, 1.82) is 0 Å². The summed E-state index contributed by atoms with van der Waals surface area (Å²) in [5, 5.41) is 2.60. The molecule has 0 unspecified atom stereocenters. The topological polar surface area (TPSA) is 55.1 Å². The van der Waals surface area contributed by atoms with Crippen molar-refractivity contribution < 1.29 is 4.79 Å². The van der Waals surface area contributed by atoms with E-state index in [1.54, 1.807) is 25.2 Å². The molecule has 3 nitrogen and oxygen atoms in total. The standard InChI is InChI=1S/C14H13BrN2OS/c1-17-14(18)9-2-7-12(16)13(8-9)19-11-5-3-10(15)4-6-11/h2-8H,16H2,1H3,(H,17,18). The second-order valence-corrected chi connectivity index (χ2v) is 5.92. The molecule has 0 radical (unpaired) electrons. The molecule has 0 aliphatic carbocycles. The van der Waals surface area contributed by atoms with E-state index < -0.39 is 0 Å². The first kappa shape index (κ1) is 14.0. The normalized spacial score (nSPS) is 10.2. The molecule has 0 spiro atoms. The molecule has 0 saturated heterocycles. The summed E-state index contributed by atoms with van der Waals surface area (Å²) in [4.78, 5) is 13.6. The number of anilines is 1. The number of hydrogen-bond acceptors (Lipinski definition) is 3. The molecule has 98 valence electrons. The molecular weight excluding hydrogens is 324 g/mol. The van der Waals surface area contributed by atoms with Gasteiger partial charge in [0.05, 0.1) is 0 Å². The van der Waals surface area contributed by atoms with Crippen LogP contribution in [0.1, 0.15) is 10.4 Å². The first-order valence-electron chi connectivity index (χ1n) is 5.65. The summed E-state index contributed by atoms with van der Waals surface area (Å²) in [6, 6.07) is 13.2. The van der Waals surface area contributed by atoms with Crippen LogP contribution in [0.3, 0.4) is 0 Å². The van der Waals surface area contributed by atoms with Gasteiger partial charge in [-0.3, -0.25) is 4.79 Å². The molecule has 0 heterocycles. The van der Waals surface area contributed by atoms with Crippen LogP contribution in [0.2, 0.25) is 0 Å². The fourth-order valence-electron chi connectivity index (χ4n) is 1.54. The predicted octanol–water partition coefficient (Wildman–Crippen LogP) is 3.54. The molecule has 2 aromatic rings. The van der Waals surface area contributed by atoms with Crippen molar-refractivity contribution in [1.82, 2.24) is 5.32 Å². The lowest BCUT2D eigenvalue weighted by Crippen LogP contribution is -2.17. The van der Waals surface area contributed by atoms with Crippen molar-refractivity contribution in [2.45, 2.75) is 9.79 Å². The number of halogens is 1. The van der Waals surface area contributed by atoms with Crippen molar-refractivity contribution in [3.63, 3.8) is 0 Å². The van der Waals surface area contributed by atoms with Gasteiger partial charge >= 0.3 is 0 Å². The van der Waals surface area contributed by atoms with Crippen LogP contribution in [0, 0.1) is 0 Å². The third-order valence-corrected chi connectivity index (χ3v) is 4.15. The molecule has 0 saturated carbocycles. The summed E-state index contributed by atoms with van der Waals surface area (Å²) >= 11 is 4.94. The molecule has 2 rings (SSSR count). The molecular formula is C14H13BrN2OS. The van der Waals surface area contributed by atoms with E-state index in [4.69, 9.17) is 5.73 Å². The number of nitrogens with two attached hydrogens (primary N) is 1. The minimum absolute atomic E-state index is 0.113. The number of amides is 1. The molecule has 0 aliphatic heterocycles. The van der Waals surface area contributed by atoms with Crippen LogP contribution in [0.4, 0.5) is 5.69 Å². The van der Waals surface area contributed by atoms with E-state index in [1.807, 2.05) is 24.3 Å². The summed E-state index contributed by atoms with van der Waals surface area (Å²) < 4.78 is 1.03. The first-order valence-corrected chi connectivity index (χ1v) is 7.26. The number of nitrogens with one attached hydrogen (secondary N) is 1. The summed E-state index contributed by atoms with van der Waals surface area (Å²) in [6.45, 7) is 0. The molecule has 1 amide bonds. The van der Waals surface area contributed by atoms with Crippen molar-refractivity contribution in [2.24, 2.45) is 0 Å². The Morgan fingerprint density at radius 1 is 1.21 bits per heavy atom. The lowest BCUT2D eigenvalue weighted by atomic mass is 10.2. The van der Waals surface area contributed by atoms with Gasteiger partial charge in [-0.15, -0.1) is 0 Å². The van der Waals surface area contributed by atoms with Crippen LogP contribution in [0.15, 0.2) is 56.7 Å². The maximum atomic E-state index is 11.6. The number of hydrogen-bond donors (Lipinski definition) is 2. The van der Waals surface area contributed by atoms with Gasteiger partial charge in [0.1, 0.15) is 0 Å². The van der Waals surface area contributed by atoms with Gasteiger partial charge in [-0.05, 0) is 42.5 Å². The zero-order chi connectivity index (χ0) is 13.8. The van der Waals surface area contributed by atoms with E-state index in [0.717, 1.165) is 14.3 Å². The van der Waals surface area contributed by atoms with E-state index in [-0.39, 0.29) is 5.91 Å². The SMILES string of the molecule is CNC(=O)c1ccc(N)c(Sc2ccc(Br)cc2)c1. The van der Waals surface area contributed by atoms with Crippen LogP contribution in [0.25, 0.3) is 0 Å². The zero-order valence-corrected chi connectivity index (χ0v) is 12.7. The number of rotatable bonds is 3. The summed E-state index contributed by atoms with van der Waals surface area (Å²) in [5.41, 5.74) is 7.22. The molecule has 0 fully saturated rings. The smallest absolute Gasteiger partial charge is 0.251 e. The first-order chi connectivity index (χ1) is 9.10. The molecule has 2 aromatic carbocycles. The van der Waals surface area contributed by atoms with E-state index >= 15 is 0 Å². The van der Waals surface area contributed by atoms with Crippen molar-refractivity contribution in [3.8, 4) is 0 Å². The van der Waals surface area contributed by atoms with Crippen LogP contribution in [-0.4, -0.2) is 13.0 Å². The van der Waals surface area contributed by atoms with E-state index in [1.165, 1.54) is 11.8 Å². The van der Waals surface area contributed by atoms with Crippen molar-refractivity contribution in [2.75, 3.05) is 12.8 Å². The van der Waals surface area contributed by atoms with E-state index in [9.17, 15) is 4.79 Å². The summed E-state index contributed by atoms with van der Waals surface area (Å²) in [7, 11) is 1.61. The van der Waals surface area contributed by atoms with Crippen LogP contribution in [-0.2, 0) is 0 Å². The van der Waals surface area contributed by atoms with Gasteiger partial charge in [-0.2, -0.15) is 0 Å². The van der Waals surface area contributed by atoms with Gasteiger partial charge in [0.2, 0.25) is 0 Å². The Labute approximate surface area is 124 Å². The highest BCUT2D eigenvalue weighted by molar-refractivity contribution is 9.10. The van der Waals surface area contributed by atoms with Crippen molar-refractivity contribution >= 4 is 39.3 Å². The zero-order valence-electron chi connectivity index (χ0n) is 10.3. The Balaban J connectivity index is 2.28. The molecule has 0 aromatic heterocycles. The predicted molar refractivity (Wildman–Crippen MR) is 82.5 cm³/mol. The molecule has 19 heavy (non-hydrogen) atoms. The second-order valence-electron chi connectivity index (χ2n) is 3.89. The van der Waals surface area contributed by atoms with Crippen LogP contribution in [0.5, 0.6) is 0 Å². The van der Waals surface area contributed by atoms with Gasteiger partial charge in [0.15, 0.2) is 0 Å². The number of carbonyl (C=O) groups is 1. The van der Waals surface area contributed by atoms with Crippen molar-refractivity contribution in [3.05, 3.63) is 52.5 Å². The van der Waals surface area contributed by atoms with E-state index in [0.29, 0.717) is 11.3 Å². The molecule has 0 aliphatic rings. The summed E-state index contributed by atoms with van der Waals surface area (Å²) in [6.07, 6.45) is 0. The average Bonchev–Trinajstić information content (AvgIpc) is 2.43. The van der Waals surface area contributed by atoms with Gasteiger partial charge in [0.25, 0.3) is 5.91 Å². The number of carbonyl (C=O) groups excluding carboxylic acids is 1. The molecule has 5 heteroatoms. The second kappa shape index (κ2) is 6.12. The Kier molecular flexibility index (Phi) is 4.50. The maximum Gasteiger partial charge on any atom is 0.251 e. The third-order valence-electron chi connectivity index (χ3n) is 2.54.